The van der Waals surface area contributed by atoms with E-state index in [2.05, 4.69) is 20.7 Å². The highest BCUT2D eigenvalue weighted by Gasteiger charge is 2.33. The van der Waals surface area contributed by atoms with E-state index in [1.54, 1.807) is 56.7 Å². The molecular formula is C26H33ClN6O4. The van der Waals surface area contributed by atoms with E-state index >= 15 is 0 Å². The molecule has 0 aliphatic rings. The topological polar surface area (TPSA) is 111 Å². The van der Waals surface area contributed by atoms with Crippen LogP contribution in [0.2, 0.25) is 5.02 Å². The molecule has 1 N–H and O–H groups in total. The van der Waals surface area contributed by atoms with Gasteiger partial charge in [-0.1, -0.05) is 24.9 Å². The van der Waals surface area contributed by atoms with E-state index in [9.17, 15) is 9.59 Å². The van der Waals surface area contributed by atoms with Crippen molar-refractivity contribution in [3.63, 3.8) is 0 Å². The lowest BCUT2D eigenvalue weighted by atomic mass is 10.0. The third-order valence-electron chi connectivity index (χ3n) is 5.42. The van der Waals surface area contributed by atoms with Crippen molar-refractivity contribution in [3.05, 3.63) is 47.5 Å². The number of ether oxygens (including phenoxy) is 2. The van der Waals surface area contributed by atoms with Gasteiger partial charge in [-0.05, 0) is 74.9 Å². The van der Waals surface area contributed by atoms with Crippen molar-refractivity contribution < 1.29 is 19.1 Å². The number of aromatic nitrogens is 4. The van der Waals surface area contributed by atoms with Gasteiger partial charge in [0.05, 0.1) is 14.2 Å². The number of anilines is 1. The van der Waals surface area contributed by atoms with Crippen molar-refractivity contribution in [1.82, 2.24) is 25.5 Å². The molecule has 0 aliphatic carbocycles. The SMILES string of the molecule is CCC[C@H](C(=O)NC(C)(C)C)N(C(=O)Cn1nnc(-c2ccc(OC)c(OC)c2)n1)c1ccc(Cl)cc1. The third-order valence-corrected chi connectivity index (χ3v) is 5.67. The largest absolute Gasteiger partial charge is 0.493 e. The Balaban J connectivity index is 1.92. The lowest BCUT2D eigenvalue weighted by molar-refractivity contribution is -0.128. The molecular weight excluding hydrogens is 496 g/mol. The van der Waals surface area contributed by atoms with E-state index in [1.807, 2.05) is 27.7 Å². The van der Waals surface area contributed by atoms with Gasteiger partial charge < -0.3 is 14.8 Å². The second-order valence-electron chi connectivity index (χ2n) is 9.50. The summed E-state index contributed by atoms with van der Waals surface area (Å²) < 4.78 is 10.6. The lowest BCUT2D eigenvalue weighted by Crippen LogP contribution is -2.54. The molecule has 0 bridgehead atoms. The molecule has 0 fully saturated rings. The van der Waals surface area contributed by atoms with E-state index in [1.165, 1.54) is 9.70 Å². The number of tetrazole rings is 1. The van der Waals surface area contributed by atoms with E-state index in [0.29, 0.717) is 46.4 Å². The van der Waals surface area contributed by atoms with Crippen LogP contribution in [0.1, 0.15) is 40.5 Å². The molecule has 0 saturated heterocycles. The van der Waals surface area contributed by atoms with Crippen LogP contribution in [0.5, 0.6) is 11.5 Å². The van der Waals surface area contributed by atoms with Crippen molar-refractivity contribution in [2.45, 2.75) is 58.7 Å². The van der Waals surface area contributed by atoms with Gasteiger partial charge in [0.15, 0.2) is 11.5 Å². The number of hydrogen-bond donors (Lipinski definition) is 1. The van der Waals surface area contributed by atoms with Gasteiger partial charge in [-0.25, -0.2) is 0 Å². The average Bonchev–Trinajstić information content (AvgIpc) is 3.31. The number of carbonyl (C=O) groups excluding carboxylic acids is 2. The smallest absolute Gasteiger partial charge is 0.251 e. The number of benzene rings is 2. The number of hydrogen-bond acceptors (Lipinski definition) is 7. The van der Waals surface area contributed by atoms with Gasteiger partial charge in [0.2, 0.25) is 11.7 Å². The second-order valence-corrected chi connectivity index (χ2v) is 9.93. The zero-order chi connectivity index (χ0) is 27.2. The number of carbonyl (C=O) groups is 2. The summed E-state index contributed by atoms with van der Waals surface area (Å²) in [6, 6.07) is 11.3. The molecule has 1 heterocycles. The van der Waals surface area contributed by atoms with E-state index < -0.39 is 11.6 Å². The highest BCUT2D eigenvalue weighted by Crippen LogP contribution is 2.31. The zero-order valence-corrected chi connectivity index (χ0v) is 22.7. The number of rotatable bonds is 10. The minimum atomic E-state index is -0.730. The van der Waals surface area contributed by atoms with Crippen molar-refractivity contribution in [3.8, 4) is 22.9 Å². The quantitative estimate of drug-likeness (QED) is 0.421. The number of halogens is 1. The van der Waals surface area contributed by atoms with Gasteiger partial charge >= 0.3 is 0 Å². The average molecular weight is 529 g/mol. The van der Waals surface area contributed by atoms with Crippen LogP contribution in [-0.2, 0) is 16.1 Å². The number of nitrogens with one attached hydrogen (secondary N) is 1. The van der Waals surface area contributed by atoms with Crippen LogP contribution in [0.25, 0.3) is 11.4 Å². The summed E-state index contributed by atoms with van der Waals surface area (Å²) in [6.45, 7) is 7.45. The lowest BCUT2D eigenvalue weighted by Gasteiger charge is -2.33. The third kappa shape index (κ3) is 7.19. The van der Waals surface area contributed by atoms with Gasteiger partial charge in [-0.3, -0.25) is 14.5 Å². The van der Waals surface area contributed by atoms with Gasteiger partial charge in [-0.15, -0.1) is 10.2 Å². The zero-order valence-electron chi connectivity index (χ0n) is 22.0. The van der Waals surface area contributed by atoms with Gasteiger partial charge in [0.1, 0.15) is 12.6 Å². The molecule has 1 atom stereocenters. The molecule has 0 aliphatic heterocycles. The minimum absolute atomic E-state index is 0.216. The highest BCUT2D eigenvalue weighted by molar-refractivity contribution is 6.30. The first-order chi connectivity index (χ1) is 17.6. The van der Waals surface area contributed by atoms with Crippen LogP contribution < -0.4 is 19.7 Å². The molecule has 1 aromatic heterocycles. The molecule has 3 aromatic rings. The summed E-state index contributed by atoms with van der Waals surface area (Å²) in [5.74, 6) is 0.815. The summed E-state index contributed by atoms with van der Waals surface area (Å²) in [6.07, 6.45) is 1.17. The van der Waals surface area contributed by atoms with Crippen LogP contribution in [0.3, 0.4) is 0 Å². The van der Waals surface area contributed by atoms with Crippen LogP contribution in [-0.4, -0.2) is 57.8 Å². The van der Waals surface area contributed by atoms with Crippen molar-refractivity contribution in [2.75, 3.05) is 19.1 Å². The van der Waals surface area contributed by atoms with E-state index in [0.717, 1.165) is 0 Å². The summed E-state index contributed by atoms with van der Waals surface area (Å²) in [5, 5.41) is 16.1. The summed E-state index contributed by atoms with van der Waals surface area (Å²) in [7, 11) is 3.09. The van der Waals surface area contributed by atoms with Crippen LogP contribution in [0, 0.1) is 0 Å². The standard InChI is InChI=1S/C26H33ClN6O4/c1-7-8-20(25(35)28-26(2,3)4)33(19-12-10-18(27)11-13-19)23(34)16-32-30-24(29-31-32)17-9-14-21(36-5)22(15-17)37-6/h9-15,20H,7-8,16H2,1-6H3,(H,28,35)/t20-/m1/s1. The Morgan fingerprint density at radius 2 is 1.76 bits per heavy atom. The Hall–Kier alpha value is -3.66. The predicted octanol–water partition coefficient (Wildman–Crippen LogP) is 4.13. The molecule has 10 nitrogen and oxygen atoms in total. The Bertz CT molecular complexity index is 1220. The molecule has 37 heavy (non-hydrogen) atoms. The maximum atomic E-state index is 13.7. The summed E-state index contributed by atoms with van der Waals surface area (Å²) in [5.41, 5.74) is 0.746. The Morgan fingerprint density at radius 3 is 2.35 bits per heavy atom. The second kappa shape index (κ2) is 12.1. The fourth-order valence-corrected chi connectivity index (χ4v) is 3.93. The first-order valence-corrected chi connectivity index (χ1v) is 12.3. The highest BCUT2D eigenvalue weighted by atomic mass is 35.5. The number of methoxy groups -OCH3 is 2. The monoisotopic (exact) mass is 528 g/mol. The van der Waals surface area contributed by atoms with Crippen LogP contribution in [0.15, 0.2) is 42.5 Å². The Kier molecular flexibility index (Phi) is 9.09. The molecule has 0 saturated carbocycles. The van der Waals surface area contributed by atoms with Crippen molar-refractivity contribution in [2.24, 2.45) is 0 Å². The minimum Gasteiger partial charge on any atom is -0.493 e. The fraction of sp³-hybridized carbons (Fsp3) is 0.423. The molecule has 198 valence electrons. The first kappa shape index (κ1) is 27.9. The van der Waals surface area contributed by atoms with Crippen LogP contribution >= 0.6 is 11.6 Å². The van der Waals surface area contributed by atoms with E-state index in [4.69, 9.17) is 21.1 Å². The normalized spacial score (nSPS) is 12.1. The molecule has 0 spiro atoms. The van der Waals surface area contributed by atoms with Crippen LogP contribution in [0.4, 0.5) is 5.69 Å². The molecule has 11 heteroatoms. The summed E-state index contributed by atoms with van der Waals surface area (Å²) >= 11 is 6.09. The molecule has 2 aromatic carbocycles. The van der Waals surface area contributed by atoms with Gasteiger partial charge in [0.25, 0.3) is 5.91 Å². The first-order valence-electron chi connectivity index (χ1n) is 12.0. The molecule has 3 rings (SSSR count). The van der Waals surface area contributed by atoms with Gasteiger partial charge in [0, 0.05) is 21.8 Å². The van der Waals surface area contributed by atoms with Crippen molar-refractivity contribution in [1.29, 1.82) is 0 Å². The predicted molar refractivity (Wildman–Crippen MR) is 142 cm³/mol. The number of amides is 2. The van der Waals surface area contributed by atoms with E-state index in [-0.39, 0.29) is 18.4 Å². The fourth-order valence-electron chi connectivity index (χ4n) is 3.80. The molecule has 0 unspecified atom stereocenters. The Morgan fingerprint density at radius 1 is 1.08 bits per heavy atom. The summed E-state index contributed by atoms with van der Waals surface area (Å²) in [4.78, 5) is 29.6. The molecule has 2 amide bonds. The van der Waals surface area contributed by atoms with Gasteiger partial charge in [-0.2, -0.15) is 4.80 Å². The molecule has 0 radical (unpaired) electrons. The maximum absolute atomic E-state index is 13.7. The number of nitrogens with zero attached hydrogens (tertiary/aromatic N) is 5. The van der Waals surface area contributed by atoms with Crippen molar-refractivity contribution >= 4 is 29.1 Å². The Labute approximate surface area is 221 Å². The maximum Gasteiger partial charge on any atom is 0.251 e.